The average molecular weight is 315 g/mol. The highest BCUT2D eigenvalue weighted by Gasteiger charge is 2.21. The fourth-order valence-corrected chi connectivity index (χ4v) is 1.86. The van der Waals surface area contributed by atoms with Gasteiger partial charge in [0.2, 0.25) is 5.91 Å². The molecule has 1 rings (SSSR count). The van der Waals surface area contributed by atoms with E-state index in [1.54, 1.807) is 25.1 Å². The molecule has 6 nitrogen and oxygen atoms in total. The van der Waals surface area contributed by atoms with Gasteiger partial charge >= 0.3 is 5.97 Å². The number of carboxylic acid groups (broad SMARTS) is 1. The van der Waals surface area contributed by atoms with Crippen molar-refractivity contribution in [3.63, 3.8) is 0 Å². The third-order valence-electron chi connectivity index (χ3n) is 2.89. The number of carboxylic acids is 1. The normalized spacial score (nSPS) is 13.5. The molecule has 1 amide bonds. The minimum atomic E-state index is -1.14. The first-order chi connectivity index (χ1) is 9.81. The van der Waals surface area contributed by atoms with Gasteiger partial charge in [-0.25, -0.2) is 0 Å². The molecule has 0 aliphatic rings. The molecular weight excluding hydrogens is 296 g/mol. The molecule has 0 fully saturated rings. The lowest BCUT2D eigenvalue weighted by Crippen LogP contribution is -2.42. The van der Waals surface area contributed by atoms with E-state index in [0.717, 1.165) is 5.56 Å². The average Bonchev–Trinajstić information content (AvgIpc) is 2.39. The number of aliphatic hydroxyl groups is 1. The number of hydrogen-bond acceptors (Lipinski definition) is 4. The summed E-state index contributed by atoms with van der Waals surface area (Å²) in [7, 11) is 0. The van der Waals surface area contributed by atoms with Gasteiger partial charge in [0, 0.05) is 17.3 Å². The summed E-state index contributed by atoms with van der Waals surface area (Å²) in [6.07, 6.45) is -0.932. The Balaban J connectivity index is 2.65. The molecule has 0 heterocycles. The zero-order valence-electron chi connectivity index (χ0n) is 11.9. The van der Waals surface area contributed by atoms with Crippen molar-refractivity contribution in [2.75, 3.05) is 11.9 Å². The second-order valence-electron chi connectivity index (χ2n) is 4.81. The van der Waals surface area contributed by atoms with Crippen molar-refractivity contribution in [1.82, 2.24) is 5.32 Å². The van der Waals surface area contributed by atoms with E-state index in [4.69, 9.17) is 21.8 Å². The lowest BCUT2D eigenvalue weighted by atomic mass is 10.1. The second-order valence-corrected chi connectivity index (χ2v) is 5.22. The number of aliphatic hydroxyl groups excluding tert-OH is 1. The number of carbonyl (C=O) groups is 2. The largest absolute Gasteiger partial charge is 0.480 e. The van der Waals surface area contributed by atoms with Crippen LogP contribution in [0.3, 0.4) is 0 Å². The SMILES string of the molecule is Cc1c(Cl)cccc1NC(=O)C[C@H](NCC(C)O)C(=O)O. The number of amides is 1. The number of aliphatic carboxylic acids is 1. The maximum atomic E-state index is 11.9. The number of benzene rings is 1. The molecule has 0 bridgehead atoms. The molecule has 2 atom stereocenters. The van der Waals surface area contributed by atoms with Crippen molar-refractivity contribution in [2.45, 2.75) is 32.4 Å². The highest BCUT2D eigenvalue weighted by atomic mass is 35.5. The minimum absolute atomic E-state index is 0.0977. The maximum absolute atomic E-state index is 11.9. The van der Waals surface area contributed by atoms with E-state index in [1.807, 2.05) is 0 Å². The van der Waals surface area contributed by atoms with Crippen LogP contribution < -0.4 is 10.6 Å². The lowest BCUT2D eigenvalue weighted by Gasteiger charge is -2.16. The number of hydrogen-bond donors (Lipinski definition) is 4. The summed E-state index contributed by atoms with van der Waals surface area (Å²) in [5.41, 5.74) is 1.27. The standard InChI is InChI=1S/C14H19ClN2O4/c1-8(18)7-16-12(14(20)21)6-13(19)17-11-5-3-4-10(15)9(11)2/h3-5,8,12,16,18H,6-7H2,1-2H3,(H,17,19)(H,20,21)/t8?,12-/m0/s1. The molecule has 1 aromatic rings. The van der Waals surface area contributed by atoms with Gasteiger partial charge in [0.15, 0.2) is 0 Å². The van der Waals surface area contributed by atoms with E-state index >= 15 is 0 Å². The van der Waals surface area contributed by atoms with Crippen molar-refractivity contribution < 1.29 is 19.8 Å². The molecular formula is C14H19ClN2O4. The molecule has 1 unspecified atom stereocenters. The van der Waals surface area contributed by atoms with Crippen LogP contribution in [0, 0.1) is 6.92 Å². The number of halogens is 1. The summed E-state index contributed by atoms with van der Waals surface area (Å²) in [5.74, 6) is -1.58. The predicted molar refractivity (Wildman–Crippen MR) is 80.5 cm³/mol. The van der Waals surface area contributed by atoms with E-state index in [0.29, 0.717) is 10.7 Å². The summed E-state index contributed by atoms with van der Waals surface area (Å²) in [6.45, 7) is 3.39. The van der Waals surface area contributed by atoms with E-state index < -0.39 is 24.0 Å². The van der Waals surface area contributed by atoms with Crippen molar-refractivity contribution in [2.24, 2.45) is 0 Å². The number of carbonyl (C=O) groups excluding carboxylic acids is 1. The molecule has 21 heavy (non-hydrogen) atoms. The Morgan fingerprint density at radius 1 is 1.38 bits per heavy atom. The fourth-order valence-electron chi connectivity index (χ4n) is 1.69. The van der Waals surface area contributed by atoms with Gasteiger partial charge in [-0.1, -0.05) is 17.7 Å². The Kier molecular flexibility index (Phi) is 6.61. The molecule has 0 saturated heterocycles. The molecule has 4 N–H and O–H groups in total. The van der Waals surface area contributed by atoms with Crippen LogP contribution in [0.5, 0.6) is 0 Å². The van der Waals surface area contributed by atoms with Crippen LogP contribution in [0.25, 0.3) is 0 Å². The third-order valence-corrected chi connectivity index (χ3v) is 3.30. The molecule has 0 aromatic heterocycles. The molecule has 1 aromatic carbocycles. The highest BCUT2D eigenvalue weighted by molar-refractivity contribution is 6.31. The molecule has 0 spiro atoms. The smallest absolute Gasteiger partial charge is 0.321 e. The first-order valence-corrected chi connectivity index (χ1v) is 6.88. The molecule has 116 valence electrons. The quantitative estimate of drug-likeness (QED) is 0.610. The van der Waals surface area contributed by atoms with Crippen LogP contribution in [-0.4, -0.2) is 40.8 Å². The van der Waals surface area contributed by atoms with Crippen LogP contribution in [0.15, 0.2) is 18.2 Å². The van der Waals surface area contributed by atoms with Gasteiger partial charge in [0.1, 0.15) is 6.04 Å². The lowest BCUT2D eigenvalue weighted by molar-refractivity contribution is -0.141. The topological polar surface area (TPSA) is 98.7 Å². The van der Waals surface area contributed by atoms with Crippen molar-refractivity contribution >= 4 is 29.2 Å². The Hall–Kier alpha value is -1.63. The monoisotopic (exact) mass is 314 g/mol. The van der Waals surface area contributed by atoms with E-state index in [1.165, 1.54) is 6.92 Å². The summed E-state index contributed by atoms with van der Waals surface area (Å²) >= 11 is 5.95. The van der Waals surface area contributed by atoms with Gasteiger partial charge in [-0.15, -0.1) is 0 Å². The zero-order valence-corrected chi connectivity index (χ0v) is 12.6. The van der Waals surface area contributed by atoms with Gasteiger partial charge < -0.3 is 20.8 Å². The van der Waals surface area contributed by atoms with Gasteiger partial charge in [0.05, 0.1) is 12.5 Å². The first kappa shape index (κ1) is 17.4. The van der Waals surface area contributed by atoms with E-state index in [-0.39, 0.29) is 13.0 Å². The van der Waals surface area contributed by atoms with Gasteiger partial charge in [0.25, 0.3) is 0 Å². The third kappa shape index (κ3) is 5.71. The highest BCUT2D eigenvalue weighted by Crippen LogP contribution is 2.23. The molecule has 7 heteroatoms. The van der Waals surface area contributed by atoms with Gasteiger partial charge in [-0.05, 0) is 31.5 Å². The van der Waals surface area contributed by atoms with Crippen LogP contribution in [0.2, 0.25) is 5.02 Å². The molecule has 0 saturated carbocycles. The second kappa shape index (κ2) is 7.97. The summed E-state index contributed by atoms with van der Waals surface area (Å²) in [6, 6.07) is 4.04. The number of nitrogens with one attached hydrogen (secondary N) is 2. The Morgan fingerprint density at radius 2 is 2.05 bits per heavy atom. The molecule has 0 aliphatic heterocycles. The Bertz CT molecular complexity index is 520. The summed E-state index contributed by atoms with van der Waals surface area (Å²) in [4.78, 5) is 23.0. The van der Waals surface area contributed by atoms with Gasteiger partial charge in [-0.2, -0.15) is 0 Å². The number of rotatable bonds is 7. The Labute approximate surface area is 128 Å². The summed E-state index contributed by atoms with van der Waals surface area (Å²) in [5, 5.41) is 24.0. The maximum Gasteiger partial charge on any atom is 0.321 e. The molecule has 0 aliphatic carbocycles. The van der Waals surface area contributed by atoms with Crippen LogP contribution in [0.1, 0.15) is 18.9 Å². The minimum Gasteiger partial charge on any atom is -0.480 e. The van der Waals surface area contributed by atoms with E-state index in [2.05, 4.69) is 10.6 Å². The first-order valence-electron chi connectivity index (χ1n) is 6.50. The van der Waals surface area contributed by atoms with Crippen molar-refractivity contribution in [3.05, 3.63) is 28.8 Å². The van der Waals surface area contributed by atoms with Crippen LogP contribution in [0.4, 0.5) is 5.69 Å². The van der Waals surface area contributed by atoms with Crippen molar-refractivity contribution in [3.8, 4) is 0 Å². The zero-order chi connectivity index (χ0) is 16.0. The molecule has 0 radical (unpaired) electrons. The van der Waals surface area contributed by atoms with Crippen LogP contribution in [-0.2, 0) is 9.59 Å². The number of anilines is 1. The fraction of sp³-hybridized carbons (Fsp3) is 0.429. The van der Waals surface area contributed by atoms with Crippen molar-refractivity contribution in [1.29, 1.82) is 0 Å². The van der Waals surface area contributed by atoms with Crippen LogP contribution >= 0.6 is 11.6 Å². The van der Waals surface area contributed by atoms with E-state index in [9.17, 15) is 9.59 Å². The van der Waals surface area contributed by atoms with Gasteiger partial charge in [-0.3, -0.25) is 9.59 Å². The summed E-state index contributed by atoms with van der Waals surface area (Å²) < 4.78 is 0. The predicted octanol–water partition coefficient (Wildman–Crippen LogP) is 1.40. The Morgan fingerprint density at radius 3 is 2.62 bits per heavy atom.